The molecule has 1 aliphatic rings. The molecule has 0 aliphatic carbocycles. The minimum Gasteiger partial charge on any atom is -0.357 e. The van der Waals surface area contributed by atoms with Crippen LogP contribution in [0.3, 0.4) is 0 Å². The molecule has 1 aliphatic heterocycles. The summed E-state index contributed by atoms with van der Waals surface area (Å²) in [7, 11) is -1.25. The normalized spacial score (nSPS) is 20.3. The number of aromatic nitrogens is 5. The fourth-order valence-corrected chi connectivity index (χ4v) is 3.80. The van der Waals surface area contributed by atoms with Crippen molar-refractivity contribution in [1.82, 2.24) is 24.7 Å². The van der Waals surface area contributed by atoms with Crippen molar-refractivity contribution in [3.63, 3.8) is 0 Å². The zero-order chi connectivity index (χ0) is 14.9. The first-order valence-corrected chi connectivity index (χ1v) is 8.29. The summed E-state index contributed by atoms with van der Waals surface area (Å²) in [6, 6.07) is 1.59. The molecule has 2 aromatic heterocycles. The largest absolute Gasteiger partial charge is 0.357 e. The van der Waals surface area contributed by atoms with Crippen LogP contribution in [0.5, 0.6) is 0 Å². The highest BCUT2D eigenvalue weighted by Gasteiger charge is 2.28. The third-order valence-corrected chi connectivity index (χ3v) is 4.89. The Morgan fingerprint density at radius 3 is 2.71 bits per heavy atom. The molecule has 1 fully saturated rings. The maximum atomic E-state index is 11.5. The Bertz CT molecular complexity index is 729. The van der Waals surface area contributed by atoms with E-state index in [9.17, 15) is 8.42 Å². The first-order valence-electron chi connectivity index (χ1n) is 6.46. The molecular weight excluding hydrogens is 294 g/mol. The Balaban J connectivity index is 1.86. The summed E-state index contributed by atoms with van der Waals surface area (Å²) < 4.78 is 24.5. The second-order valence-electron chi connectivity index (χ2n) is 4.73. The maximum absolute atomic E-state index is 11.5. The van der Waals surface area contributed by atoms with Gasteiger partial charge < -0.3 is 10.6 Å². The van der Waals surface area contributed by atoms with Gasteiger partial charge in [0.1, 0.15) is 0 Å². The van der Waals surface area contributed by atoms with E-state index in [1.165, 1.54) is 4.68 Å². The average Bonchev–Trinajstić information content (AvgIpc) is 3.08. The van der Waals surface area contributed by atoms with Crippen LogP contribution in [0.1, 0.15) is 6.42 Å². The summed E-state index contributed by atoms with van der Waals surface area (Å²) in [4.78, 5) is 12.7. The lowest BCUT2D eigenvalue weighted by Gasteiger charge is -2.12. The summed E-state index contributed by atoms with van der Waals surface area (Å²) in [5.41, 5.74) is 0. The minimum atomic E-state index is -2.95. The van der Waals surface area contributed by atoms with E-state index in [2.05, 4.69) is 30.7 Å². The zero-order valence-electron chi connectivity index (χ0n) is 11.4. The molecule has 10 heteroatoms. The Hall–Kier alpha value is -2.23. The molecule has 9 nitrogen and oxygen atoms in total. The first-order chi connectivity index (χ1) is 10.1. The van der Waals surface area contributed by atoms with Crippen LogP contribution in [-0.4, -0.2) is 57.7 Å². The number of sulfone groups is 1. The van der Waals surface area contributed by atoms with Crippen molar-refractivity contribution in [2.75, 3.05) is 29.2 Å². The number of hydrogen-bond acceptors (Lipinski definition) is 8. The fourth-order valence-electron chi connectivity index (χ4n) is 2.12. The summed E-state index contributed by atoms with van der Waals surface area (Å²) in [6.07, 6.45) is 3.90. The predicted molar refractivity (Wildman–Crippen MR) is 77.2 cm³/mol. The highest BCUT2D eigenvalue weighted by atomic mass is 32.2. The lowest BCUT2D eigenvalue weighted by atomic mass is 10.3. The molecule has 0 amide bonds. The van der Waals surface area contributed by atoms with Crippen LogP contribution in [0.15, 0.2) is 18.5 Å². The van der Waals surface area contributed by atoms with E-state index in [0.717, 1.165) is 0 Å². The van der Waals surface area contributed by atoms with Crippen LogP contribution >= 0.6 is 0 Å². The molecule has 0 bridgehead atoms. The molecule has 3 heterocycles. The standard InChI is InChI=1S/C11H15N7O2S/c1-12-9-15-10(14-8-3-6-21(19,20)7-8)17-11(16-9)18-5-2-4-13-18/h2,4-5,8H,3,6-7H2,1H3,(H2,12,14,15,16,17). The van der Waals surface area contributed by atoms with Gasteiger partial charge in [-0.3, -0.25) is 0 Å². The summed E-state index contributed by atoms with van der Waals surface area (Å²) in [6.45, 7) is 0. The average molecular weight is 309 g/mol. The van der Waals surface area contributed by atoms with Crippen LogP contribution in [0.2, 0.25) is 0 Å². The Morgan fingerprint density at radius 2 is 2.10 bits per heavy atom. The quantitative estimate of drug-likeness (QED) is 0.791. The van der Waals surface area contributed by atoms with Crippen molar-refractivity contribution in [2.45, 2.75) is 12.5 Å². The third kappa shape index (κ3) is 3.10. The smallest absolute Gasteiger partial charge is 0.257 e. The SMILES string of the molecule is CNc1nc(NC2CCS(=O)(=O)C2)nc(-n2cccn2)n1. The summed E-state index contributed by atoms with van der Waals surface area (Å²) in [5, 5.41) is 9.97. The van der Waals surface area contributed by atoms with Gasteiger partial charge in [0.05, 0.1) is 11.5 Å². The lowest BCUT2D eigenvalue weighted by Crippen LogP contribution is -2.23. The van der Waals surface area contributed by atoms with E-state index in [-0.39, 0.29) is 17.5 Å². The lowest BCUT2D eigenvalue weighted by molar-refractivity contribution is 0.602. The van der Waals surface area contributed by atoms with Crippen molar-refractivity contribution >= 4 is 21.7 Å². The molecule has 3 rings (SSSR count). The van der Waals surface area contributed by atoms with Crippen molar-refractivity contribution in [3.05, 3.63) is 18.5 Å². The molecule has 2 aromatic rings. The van der Waals surface area contributed by atoms with Crippen molar-refractivity contribution in [2.24, 2.45) is 0 Å². The number of anilines is 2. The third-order valence-electron chi connectivity index (χ3n) is 3.12. The predicted octanol–water partition coefficient (Wildman–Crippen LogP) is -0.302. The van der Waals surface area contributed by atoms with E-state index < -0.39 is 9.84 Å². The molecule has 2 N–H and O–H groups in total. The van der Waals surface area contributed by atoms with Gasteiger partial charge in [-0.25, -0.2) is 13.1 Å². The highest BCUT2D eigenvalue weighted by Crippen LogP contribution is 2.16. The Kier molecular flexibility index (Phi) is 3.45. The number of nitrogens with zero attached hydrogens (tertiary/aromatic N) is 5. The second kappa shape index (κ2) is 5.28. The Morgan fingerprint density at radius 1 is 1.29 bits per heavy atom. The van der Waals surface area contributed by atoms with Gasteiger partial charge in [-0.1, -0.05) is 0 Å². The fraction of sp³-hybridized carbons (Fsp3) is 0.455. The van der Waals surface area contributed by atoms with E-state index >= 15 is 0 Å². The first kappa shape index (κ1) is 13.7. The number of rotatable bonds is 4. The van der Waals surface area contributed by atoms with Crippen LogP contribution in [-0.2, 0) is 9.84 Å². The number of nitrogens with one attached hydrogen (secondary N) is 2. The molecule has 21 heavy (non-hydrogen) atoms. The molecule has 0 saturated carbocycles. The van der Waals surface area contributed by atoms with Gasteiger partial charge in [0.15, 0.2) is 9.84 Å². The van der Waals surface area contributed by atoms with Crippen LogP contribution in [0.4, 0.5) is 11.9 Å². The maximum Gasteiger partial charge on any atom is 0.257 e. The van der Waals surface area contributed by atoms with E-state index in [0.29, 0.717) is 24.3 Å². The molecule has 112 valence electrons. The van der Waals surface area contributed by atoms with Crippen LogP contribution in [0, 0.1) is 0 Å². The molecule has 1 saturated heterocycles. The summed E-state index contributed by atoms with van der Waals surface area (Å²) >= 11 is 0. The molecule has 1 atom stereocenters. The van der Waals surface area contributed by atoms with Crippen molar-refractivity contribution < 1.29 is 8.42 Å². The van der Waals surface area contributed by atoms with Gasteiger partial charge in [-0.05, 0) is 12.5 Å². The van der Waals surface area contributed by atoms with Gasteiger partial charge in [0, 0.05) is 25.5 Å². The minimum absolute atomic E-state index is 0.102. The van der Waals surface area contributed by atoms with Gasteiger partial charge in [-0.2, -0.15) is 20.1 Å². The topological polar surface area (TPSA) is 115 Å². The van der Waals surface area contributed by atoms with Crippen molar-refractivity contribution in [1.29, 1.82) is 0 Å². The van der Waals surface area contributed by atoms with Crippen LogP contribution < -0.4 is 10.6 Å². The molecule has 1 unspecified atom stereocenters. The molecule has 0 spiro atoms. The second-order valence-corrected chi connectivity index (χ2v) is 6.96. The van der Waals surface area contributed by atoms with Gasteiger partial charge in [0.25, 0.3) is 5.95 Å². The highest BCUT2D eigenvalue weighted by molar-refractivity contribution is 7.91. The van der Waals surface area contributed by atoms with E-state index in [1.807, 2.05) is 0 Å². The van der Waals surface area contributed by atoms with Crippen molar-refractivity contribution in [3.8, 4) is 5.95 Å². The molecular formula is C11H15N7O2S. The number of hydrogen-bond donors (Lipinski definition) is 2. The van der Waals surface area contributed by atoms with Gasteiger partial charge in [-0.15, -0.1) is 0 Å². The van der Waals surface area contributed by atoms with Gasteiger partial charge >= 0.3 is 0 Å². The Labute approximate surface area is 121 Å². The molecule has 0 aromatic carbocycles. The zero-order valence-corrected chi connectivity index (χ0v) is 12.2. The van der Waals surface area contributed by atoms with E-state index in [1.54, 1.807) is 25.5 Å². The summed E-state index contributed by atoms with van der Waals surface area (Å²) in [5.74, 6) is 1.38. The van der Waals surface area contributed by atoms with Crippen LogP contribution in [0.25, 0.3) is 5.95 Å². The molecule has 0 radical (unpaired) electrons. The monoisotopic (exact) mass is 309 g/mol. The van der Waals surface area contributed by atoms with Gasteiger partial charge in [0.2, 0.25) is 11.9 Å². The van der Waals surface area contributed by atoms with E-state index in [4.69, 9.17) is 0 Å².